The van der Waals surface area contributed by atoms with Gasteiger partial charge in [-0.05, 0) is 43.9 Å². The first-order valence-electron chi connectivity index (χ1n) is 10.9. The highest BCUT2D eigenvalue weighted by molar-refractivity contribution is 6.06. The lowest BCUT2D eigenvalue weighted by Gasteiger charge is -2.29. The van der Waals surface area contributed by atoms with E-state index < -0.39 is 5.91 Å². The molecule has 31 heavy (non-hydrogen) atoms. The highest BCUT2D eigenvalue weighted by Crippen LogP contribution is 2.45. The quantitative estimate of drug-likeness (QED) is 0.638. The van der Waals surface area contributed by atoms with Gasteiger partial charge in [-0.2, -0.15) is 5.26 Å². The van der Waals surface area contributed by atoms with Gasteiger partial charge in [-0.25, -0.2) is 0 Å². The van der Waals surface area contributed by atoms with Crippen molar-refractivity contribution in [3.05, 3.63) is 17.7 Å². The Morgan fingerprint density at radius 2 is 2.00 bits per heavy atom. The van der Waals surface area contributed by atoms with E-state index in [0.717, 1.165) is 49.6 Å². The molecule has 3 rings (SSSR count). The lowest BCUT2D eigenvalue weighted by molar-refractivity contribution is -0.108. The predicted molar refractivity (Wildman–Crippen MR) is 125 cm³/mol. The third-order valence-electron chi connectivity index (χ3n) is 5.40. The van der Waals surface area contributed by atoms with Crippen molar-refractivity contribution in [2.45, 2.75) is 52.5 Å². The number of rotatable bonds is 7. The Bertz CT molecular complexity index is 758. The van der Waals surface area contributed by atoms with E-state index in [-0.39, 0.29) is 0 Å². The number of nitriles is 1. The van der Waals surface area contributed by atoms with Gasteiger partial charge in [-0.3, -0.25) is 14.9 Å². The summed E-state index contributed by atoms with van der Waals surface area (Å²) in [6.07, 6.45) is 5.00. The number of imide groups is 1. The number of benzene rings is 1. The van der Waals surface area contributed by atoms with Gasteiger partial charge in [0.2, 0.25) is 6.41 Å². The van der Waals surface area contributed by atoms with Crippen LogP contribution in [0.3, 0.4) is 0 Å². The number of hydrogen-bond acceptors (Lipinski definition) is 7. The number of carbonyl (C=O) groups excluding carboxylic acids is 2. The first-order valence-corrected chi connectivity index (χ1v) is 10.9. The molecular weight excluding hydrogens is 394 g/mol. The predicted octanol–water partition coefficient (Wildman–Crippen LogP) is 2.91. The molecule has 2 aliphatic rings. The molecule has 1 heterocycles. The maximum absolute atomic E-state index is 12.4. The van der Waals surface area contributed by atoms with E-state index in [0.29, 0.717) is 23.9 Å². The van der Waals surface area contributed by atoms with Crippen LogP contribution in [0.15, 0.2) is 12.1 Å². The lowest BCUT2D eigenvalue weighted by atomic mass is 10.1. The van der Waals surface area contributed by atoms with E-state index in [4.69, 9.17) is 15.7 Å². The van der Waals surface area contributed by atoms with Crippen molar-refractivity contribution in [1.82, 2.24) is 5.32 Å². The molecule has 0 bridgehead atoms. The molecule has 1 atom stereocenters. The minimum Gasteiger partial charge on any atom is -0.492 e. The Labute approximate surface area is 186 Å². The van der Waals surface area contributed by atoms with Crippen molar-refractivity contribution in [3.63, 3.8) is 0 Å². The van der Waals surface area contributed by atoms with Crippen molar-refractivity contribution in [3.8, 4) is 11.8 Å². The Morgan fingerprint density at radius 1 is 1.39 bits per heavy atom. The van der Waals surface area contributed by atoms with E-state index in [2.05, 4.69) is 22.0 Å². The van der Waals surface area contributed by atoms with Crippen LogP contribution in [0.25, 0.3) is 0 Å². The van der Waals surface area contributed by atoms with Crippen LogP contribution >= 0.6 is 0 Å². The normalized spacial score (nSPS) is 16.7. The number of nitrogens with two attached hydrogens (primary N) is 1. The smallest absolute Gasteiger partial charge is 0.259 e. The monoisotopic (exact) mass is 431 g/mol. The van der Waals surface area contributed by atoms with Crippen LogP contribution in [-0.2, 0) is 4.79 Å². The number of carbonyl (C=O) groups is 2. The van der Waals surface area contributed by atoms with Gasteiger partial charge in [0, 0.05) is 33.1 Å². The maximum atomic E-state index is 12.4. The van der Waals surface area contributed by atoms with Gasteiger partial charge in [0.25, 0.3) is 5.91 Å². The molecule has 1 aromatic rings. The number of amides is 2. The van der Waals surface area contributed by atoms with Crippen molar-refractivity contribution in [2.24, 2.45) is 11.7 Å². The van der Waals surface area contributed by atoms with Gasteiger partial charge in [-0.1, -0.05) is 20.3 Å². The summed E-state index contributed by atoms with van der Waals surface area (Å²) in [4.78, 5) is 27.6. The summed E-state index contributed by atoms with van der Waals surface area (Å²) in [5, 5.41) is 9.58. The fraction of sp³-hybridized carbons (Fsp3) is 0.609. The molecule has 1 saturated heterocycles. The number of hydrogen-bond donors (Lipinski definition) is 2. The highest BCUT2D eigenvalue weighted by Gasteiger charge is 2.33. The lowest BCUT2D eigenvalue weighted by Crippen LogP contribution is -2.29. The van der Waals surface area contributed by atoms with E-state index in [9.17, 15) is 9.59 Å². The molecule has 0 aromatic heterocycles. The van der Waals surface area contributed by atoms with Gasteiger partial charge < -0.3 is 20.3 Å². The van der Waals surface area contributed by atoms with Crippen molar-refractivity contribution in [2.75, 3.05) is 43.6 Å². The topological polar surface area (TPSA) is 112 Å². The first kappa shape index (κ1) is 26.2. The third-order valence-corrected chi connectivity index (χ3v) is 5.40. The molecule has 0 radical (unpaired) electrons. The molecule has 0 spiro atoms. The molecule has 172 valence electrons. The molecule has 8 nitrogen and oxygen atoms in total. The highest BCUT2D eigenvalue weighted by atomic mass is 16.5. The third kappa shape index (κ3) is 7.14. The van der Waals surface area contributed by atoms with Crippen molar-refractivity contribution in [1.29, 1.82) is 5.26 Å². The summed E-state index contributed by atoms with van der Waals surface area (Å²) in [5.41, 5.74) is 7.14. The van der Waals surface area contributed by atoms with Gasteiger partial charge in [0.1, 0.15) is 0 Å². The second kappa shape index (κ2) is 13.5. The molecule has 8 heteroatoms. The van der Waals surface area contributed by atoms with Gasteiger partial charge >= 0.3 is 0 Å². The number of methoxy groups -OCH3 is 1. The van der Waals surface area contributed by atoms with Crippen LogP contribution in [-0.4, -0.2) is 52.2 Å². The molecule has 1 aromatic carbocycles. The summed E-state index contributed by atoms with van der Waals surface area (Å²) in [7, 11) is 3.65. The Balaban J connectivity index is 0.000000720. The molecule has 1 aliphatic heterocycles. The summed E-state index contributed by atoms with van der Waals surface area (Å²) in [6, 6.07) is 5.93. The van der Waals surface area contributed by atoms with Crippen LogP contribution < -0.4 is 25.6 Å². The molecule has 1 aliphatic carbocycles. The minimum absolute atomic E-state index is 0.393. The Kier molecular flexibility index (Phi) is 11.4. The number of ether oxygens (including phenoxy) is 1. The molecular formula is C23H37N5O3. The van der Waals surface area contributed by atoms with E-state index in [1.165, 1.54) is 19.8 Å². The number of nitrogens with one attached hydrogen (secondary N) is 1. The standard InChI is InChI=1S/C19H27N3O3.C2H7N.C2H3N/c1-4-13-9-10-22(11-13)16-8-7-15(19(24)20-12-23)17(18(16)25-3)21(2)14-5-6-14;2*1-2-3/h7-8,12-14H,4-6,9-11H2,1-3H3,(H,20,23,24);2-3H2,1H3;1H3. The SMILES string of the molecule is CC#N.CCC1CCN(c2ccc(C(=O)NC=O)c(N(C)C3CC3)c2OC)C1.CCN. The summed E-state index contributed by atoms with van der Waals surface area (Å²) in [5.74, 6) is 1.03. The van der Waals surface area contributed by atoms with Crippen LogP contribution in [0.1, 0.15) is 56.8 Å². The zero-order chi connectivity index (χ0) is 23.4. The fourth-order valence-electron chi connectivity index (χ4n) is 3.70. The fourth-order valence-corrected chi connectivity index (χ4v) is 3.70. The summed E-state index contributed by atoms with van der Waals surface area (Å²) >= 11 is 0. The van der Waals surface area contributed by atoms with Crippen LogP contribution in [0.5, 0.6) is 5.75 Å². The Morgan fingerprint density at radius 3 is 2.45 bits per heavy atom. The molecule has 2 fully saturated rings. The molecule has 2 amide bonds. The van der Waals surface area contributed by atoms with Gasteiger partial charge in [-0.15, -0.1) is 0 Å². The van der Waals surface area contributed by atoms with E-state index >= 15 is 0 Å². The molecule has 1 saturated carbocycles. The average molecular weight is 432 g/mol. The largest absolute Gasteiger partial charge is 0.492 e. The first-order chi connectivity index (χ1) is 14.9. The van der Waals surface area contributed by atoms with E-state index in [1.54, 1.807) is 13.2 Å². The summed E-state index contributed by atoms with van der Waals surface area (Å²) < 4.78 is 5.77. The molecule has 3 N–H and O–H groups in total. The van der Waals surface area contributed by atoms with Gasteiger partial charge in [0.15, 0.2) is 5.75 Å². The average Bonchev–Trinajstić information content (AvgIpc) is 3.50. The maximum Gasteiger partial charge on any atom is 0.259 e. The zero-order valence-electron chi connectivity index (χ0n) is 19.5. The van der Waals surface area contributed by atoms with Crippen molar-refractivity contribution < 1.29 is 14.3 Å². The zero-order valence-corrected chi connectivity index (χ0v) is 19.5. The minimum atomic E-state index is -0.393. The molecule has 1 unspecified atom stereocenters. The number of anilines is 2. The Hall–Kier alpha value is -2.79. The second-order valence-corrected chi connectivity index (χ2v) is 7.59. The number of nitrogens with zero attached hydrogens (tertiary/aromatic N) is 3. The van der Waals surface area contributed by atoms with Crippen LogP contribution in [0, 0.1) is 17.2 Å². The van der Waals surface area contributed by atoms with Gasteiger partial charge in [0.05, 0.1) is 30.1 Å². The summed E-state index contributed by atoms with van der Waals surface area (Å²) in [6.45, 7) is 8.32. The van der Waals surface area contributed by atoms with Crippen LogP contribution in [0.4, 0.5) is 11.4 Å². The second-order valence-electron chi connectivity index (χ2n) is 7.59. The van der Waals surface area contributed by atoms with Crippen LogP contribution in [0.2, 0.25) is 0 Å². The van der Waals surface area contributed by atoms with E-state index in [1.807, 2.05) is 26.1 Å². The van der Waals surface area contributed by atoms with Crippen molar-refractivity contribution >= 4 is 23.7 Å².